The first-order valence-corrected chi connectivity index (χ1v) is 33.2. The van der Waals surface area contributed by atoms with Crippen molar-refractivity contribution in [3.05, 3.63) is 36.5 Å². The second-order valence-electron chi connectivity index (χ2n) is 22.8. The van der Waals surface area contributed by atoms with Gasteiger partial charge in [0.2, 0.25) is 5.91 Å². The molecule has 2 unspecified atom stereocenters. The van der Waals surface area contributed by atoms with Gasteiger partial charge in [-0.1, -0.05) is 301 Å². The number of unbranched alkanes of at least 4 members (excludes halogenated alkanes) is 45. The minimum absolute atomic E-state index is 0.00108. The van der Waals surface area contributed by atoms with Crippen LogP contribution in [0.15, 0.2) is 36.5 Å². The van der Waals surface area contributed by atoms with E-state index in [-0.39, 0.29) is 18.5 Å². The van der Waals surface area contributed by atoms with Crippen LogP contribution in [-0.2, 0) is 14.3 Å². The number of esters is 1. The Morgan fingerprint density at radius 3 is 1.05 bits per heavy atom. The summed E-state index contributed by atoms with van der Waals surface area (Å²) in [6, 6.07) is -0.543. The third-order valence-electron chi connectivity index (χ3n) is 15.4. The Bertz CT molecular complexity index is 1200. The highest BCUT2D eigenvalue weighted by atomic mass is 16.5. The summed E-state index contributed by atoms with van der Waals surface area (Å²) in [5.41, 5.74) is 0. The van der Waals surface area contributed by atoms with Gasteiger partial charge in [-0.25, -0.2) is 0 Å². The highest BCUT2D eigenvalue weighted by Crippen LogP contribution is 2.18. The van der Waals surface area contributed by atoms with Crippen LogP contribution in [-0.4, -0.2) is 47.4 Å². The van der Waals surface area contributed by atoms with Crippen LogP contribution in [0.2, 0.25) is 0 Å². The molecule has 0 spiro atoms. The van der Waals surface area contributed by atoms with Gasteiger partial charge in [0.1, 0.15) is 0 Å². The average Bonchev–Trinajstić information content (AvgIpc) is 3.40. The summed E-state index contributed by atoms with van der Waals surface area (Å²) in [4.78, 5) is 24.6. The predicted molar refractivity (Wildman–Crippen MR) is 324 cm³/mol. The van der Waals surface area contributed by atoms with Crippen molar-refractivity contribution in [2.45, 2.75) is 373 Å². The first-order valence-electron chi connectivity index (χ1n) is 33.2. The van der Waals surface area contributed by atoms with E-state index in [9.17, 15) is 19.8 Å². The maximum atomic E-state index is 12.5. The van der Waals surface area contributed by atoms with Crippen molar-refractivity contribution < 1.29 is 24.5 Å². The van der Waals surface area contributed by atoms with E-state index >= 15 is 0 Å². The van der Waals surface area contributed by atoms with Gasteiger partial charge in [0, 0.05) is 12.8 Å². The third-order valence-corrected chi connectivity index (χ3v) is 15.4. The molecule has 436 valence electrons. The standard InChI is InChI=1S/C68H129NO5/c1-3-5-7-9-11-13-15-17-19-34-38-42-46-50-54-58-62-68(73)74-63-59-55-51-47-43-39-35-31-29-27-25-23-21-20-22-24-26-28-30-33-37-41-45-49-53-57-61-67(72)69-65(64-70)66(71)60-56-52-48-44-40-36-32-18-16-14-12-10-8-6-4-2/h13,15,19-20,22,34,65-66,70-71H,3-12,14,16-18,21,23-33,35-64H2,1-2H3,(H,69,72)/b15-13-,22-20-,34-19-. The van der Waals surface area contributed by atoms with E-state index in [4.69, 9.17) is 4.74 Å². The molecule has 0 aliphatic rings. The maximum Gasteiger partial charge on any atom is 0.305 e. The van der Waals surface area contributed by atoms with E-state index in [1.165, 1.54) is 276 Å². The van der Waals surface area contributed by atoms with Crippen LogP contribution in [0.5, 0.6) is 0 Å². The smallest absolute Gasteiger partial charge is 0.305 e. The molecule has 0 bridgehead atoms. The van der Waals surface area contributed by atoms with Crippen LogP contribution in [0.25, 0.3) is 0 Å². The van der Waals surface area contributed by atoms with Crippen LogP contribution in [0.3, 0.4) is 0 Å². The molecule has 0 aliphatic heterocycles. The summed E-state index contributed by atoms with van der Waals surface area (Å²) >= 11 is 0. The highest BCUT2D eigenvalue weighted by molar-refractivity contribution is 5.76. The highest BCUT2D eigenvalue weighted by Gasteiger charge is 2.20. The minimum atomic E-state index is -0.665. The number of aliphatic hydroxyl groups excluding tert-OH is 2. The van der Waals surface area contributed by atoms with E-state index in [1.807, 2.05) is 0 Å². The normalized spacial score (nSPS) is 12.8. The Labute approximate surface area is 462 Å². The number of carbonyl (C=O) groups is 2. The maximum absolute atomic E-state index is 12.5. The van der Waals surface area contributed by atoms with Crippen molar-refractivity contribution in [1.82, 2.24) is 5.32 Å². The Hall–Kier alpha value is -1.92. The van der Waals surface area contributed by atoms with Crippen molar-refractivity contribution >= 4 is 11.9 Å². The number of aliphatic hydroxyl groups is 2. The molecule has 0 aliphatic carbocycles. The summed E-state index contributed by atoms with van der Waals surface area (Å²) in [6.07, 6.45) is 80.3. The van der Waals surface area contributed by atoms with Crippen LogP contribution in [0, 0.1) is 0 Å². The van der Waals surface area contributed by atoms with Gasteiger partial charge in [-0.15, -0.1) is 0 Å². The van der Waals surface area contributed by atoms with Crippen molar-refractivity contribution in [3.63, 3.8) is 0 Å². The van der Waals surface area contributed by atoms with Gasteiger partial charge in [0.05, 0.1) is 25.4 Å². The second-order valence-corrected chi connectivity index (χ2v) is 22.8. The molecular weight excluding hydrogens is 911 g/mol. The lowest BCUT2D eigenvalue weighted by molar-refractivity contribution is -0.143. The number of amides is 1. The molecule has 0 saturated carbocycles. The SMILES string of the molecule is CCCCCC/C=C\C/C=C\CCCCCCCC(=O)OCCCCCCCCCCCCCC/C=C\CCCCCCCCCCCCC(=O)NC(CO)C(O)CCCCCCCCCCCCCCCCC. The van der Waals surface area contributed by atoms with Crippen LogP contribution >= 0.6 is 0 Å². The summed E-state index contributed by atoms with van der Waals surface area (Å²) in [5, 5.41) is 23.3. The molecule has 1 amide bonds. The van der Waals surface area contributed by atoms with Crippen molar-refractivity contribution in [2.75, 3.05) is 13.2 Å². The third kappa shape index (κ3) is 59.3. The molecule has 0 fully saturated rings. The number of nitrogens with one attached hydrogen (secondary N) is 1. The van der Waals surface area contributed by atoms with Gasteiger partial charge in [-0.3, -0.25) is 9.59 Å². The monoisotopic (exact) mass is 1040 g/mol. The van der Waals surface area contributed by atoms with E-state index < -0.39 is 12.1 Å². The Morgan fingerprint density at radius 2 is 0.676 bits per heavy atom. The van der Waals surface area contributed by atoms with Crippen molar-refractivity contribution in [2.24, 2.45) is 0 Å². The van der Waals surface area contributed by atoms with Crippen molar-refractivity contribution in [3.8, 4) is 0 Å². The Kier molecular flexibility index (Phi) is 62.0. The fourth-order valence-electron chi connectivity index (χ4n) is 10.3. The molecule has 6 heteroatoms. The Morgan fingerprint density at radius 1 is 0.378 bits per heavy atom. The van der Waals surface area contributed by atoms with Crippen LogP contribution < -0.4 is 5.32 Å². The molecule has 3 N–H and O–H groups in total. The topological polar surface area (TPSA) is 95.9 Å². The van der Waals surface area contributed by atoms with E-state index in [2.05, 4.69) is 55.6 Å². The fraction of sp³-hybridized carbons (Fsp3) is 0.882. The quantitative estimate of drug-likeness (QED) is 0.0320. The van der Waals surface area contributed by atoms with E-state index in [0.717, 1.165) is 51.4 Å². The Balaban J connectivity index is 3.39. The minimum Gasteiger partial charge on any atom is -0.466 e. The van der Waals surface area contributed by atoms with Gasteiger partial charge < -0.3 is 20.3 Å². The summed E-state index contributed by atoms with van der Waals surface area (Å²) in [6.45, 7) is 4.95. The number of rotatable bonds is 62. The molecule has 74 heavy (non-hydrogen) atoms. The zero-order valence-electron chi connectivity index (χ0n) is 49.8. The van der Waals surface area contributed by atoms with Crippen LogP contribution in [0.4, 0.5) is 0 Å². The molecular formula is C68H129NO5. The van der Waals surface area contributed by atoms with E-state index in [0.29, 0.717) is 25.9 Å². The fourth-order valence-corrected chi connectivity index (χ4v) is 10.3. The number of ether oxygens (including phenoxy) is 1. The lowest BCUT2D eigenvalue weighted by Gasteiger charge is -2.22. The molecule has 0 radical (unpaired) electrons. The second kappa shape index (κ2) is 63.6. The van der Waals surface area contributed by atoms with Gasteiger partial charge in [-0.2, -0.15) is 0 Å². The van der Waals surface area contributed by atoms with Gasteiger partial charge >= 0.3 is 5.97 Å². The molecule has 0 rings (SSSR count). The molecule has 6 nitrogen and oxygen atoms in total. The molecule has 0 aromatic carbocycles. The van der Waals surface area contributed by atoms with E-state index in [1.54, 1.807) is 0 Å². The van der Waals surface area contributed by atoms with Gasteiger partial charge in [0.25, 0.3) is 0 Å². The largest absolute Gasteiger partial charge is 0.466 e. The number of hydrogen-bond donors (Lipinski definition) is 3. The molecule has 2 atom stereocenters. The lowest BCUT2D eigenvalue weighted by atomic mass is 10.0. The van der Waals surface area contributed by atoms with Gasteiger partial charge in [-0.05, 0) is 83.5 Å². The molecule has 0 aromatic rings. The summed E-state index contributed by atoms with van der Waals surface area (Å²) in [7, 11) is 0. The average molecular weight is 1040 g/mol. The molecule has 0 heterocycles. The zero-order valence-corrected chi connectivity index (χ0v) is 49.8. The first kappa shape index (κ1) is 72.1. The molecule has 0 saturated heterocycles. The molecule has 0 aromatic heterocycles. The van der Waals surface area contributed by atoms with Crippen molar-refractivity contribution in [1.29, 1.82) is 0 Å². The summed E-state index contributed by atoms with van der Waals surface area (Å²) in [5.74, 6) is -0.0340. The summed E-state index contributed by atoms with van der Waals surface area (Å²) < 4.78 is 5.49. The first-order chi connectivity index (χ1) is 36.5. The van der Waals surface area contributed by atoms with Gasteiger partial charge in [0.15, 0.2) is 0 Å². The number of allylic oxidation sites excluding steroid dienone is 6. The zero-order chi connectivity index (χ0) is 53.6. The lowest BCUT2D eigenvalue weighted by Crippen LogP contribution is -2.45. The van der Waals surface area contributed by atoms with Crippen LogP contribution in [0.1, 0.15) is 361 Å². The predicted octanol–water partition coefficient (Wildman–Crippen LogP) is 21.1. The number of hydrogen-bond acceptors (Lipinski definition) is 5. The number of carbonyl (C=O) groups excluding carboxylic acids is 2.